The van der Waals surface area contributed by atoms with Gasteiger partial charge in [-0.1, -0.05) is 26.2 Å². The molecule has 0 aromatic rings. The van der Waals surface area contributed by atoms with Gasteiger partial charge in [0.2, 0.25) is 0 Å². The van der Waals surface area contributed by atoms with E-state index in [1.165, 1.54) is 25.5 Å². The average Bonchev–Trinajstić information content (AvgIpc) is 2.46. The summed E-state index contributed by atoms with van der Waals surface area (Å²) in [5, 5.41) is -0.347. The fourth-order valence-corrected chi connectivity index (χ4v) is 6.79. The van der Waals surface area contributed by atoms with Crippen LogP contribution in [0.2, 0.25) is 0 Å². The first kappa shape index (κ1) is 16.6. The van der Waals surface area contributed by atoms with Crippen molar-refractivity contribution < 1.29 is 8.42 Å². The lowest BCUT2D eigenvalue weighted by Gasteiger charge is -2.52. The molecule has 0 bridgehead atoms. The second-order valence-corrected chi connectivity index (χ2v) is 9.70. The van der Waals surface area contributed by atoms with Gasteiger partial charge in [0.15, 0.2) is 9.84 Å². The smallest absolute Gasteiger partial charge is 0.164 e. The standard InChI is InChI=1S/C14H28N2O2S2/c1-3-12-5-4-6-14(9-12,11-15)16-7-8-19-10-13(16)20(2,17)18/h12-13H,3-11,15H2,1-2H3. The molecule has 0 radical (unpaired) electrons. The highest BCUT2D eigenvalue weighted by Crippen LogP contribution is 2.41. The Kier molecular flexibility index (Phi) is 5.43. The molecule has 1 saturated heterocycles. The molecule has 2 fully saturated rings. The summed E-state index contributed by atoms with van der Waals surface area (Å²) in [4.78, 5) is 2.25. The molecule has 0 amide bonds. The van der Waals surface area contributed by atoms with Gasteiger partial charge >= 0.3 is 0 Å². The van der Waals surface area contributed by atoms with Gasteiger partial charge in [-0.05, 0) is 18.8 Å². The molecule has 0 aromatic carbocycles. The highest BCUT2D eigenvalue weighted by molar-refractivity contribution is 8.00. The maximum atomic E-state index is 12.2. The van der Waals surface area contributed by atoms with Gasteiger partial charge in [-0.25, -0.2) is 8.42 Å². The van der Waals surface area contributed by atoms with Crippen molar-refractivity contribution in [2.45, 2.75) is 49.9 Å². The summed E-state index contributed by atoms with van der Waals surface area (Å²) >= 11 is 1.75. The second-order valence-electron chi connectivity index (χ2n) is 6.35. The first-order chi connectivity index (χ1) is 9.43. The third-order valence-electron chi connectivity index (χ3n) is 5.07. The fourth-order valence-electron chi connectivity index (χ4n) is 3.85. The van der Waals surface area contributed by atoms with Crippen LogP contribution in [-0.2, 0) is 9.84 Å². The molecule has 1 aliphatic heterocycles. The summed E-state index contributed by atoms with van der Waals surface area (Å²) in [6.07, 6.45) is 7.11. The van der Waals surface area contributed by atoms with Gasteiger partial charge < -0.3 is 5.73 Å². The van der Waals surface area contributed by atoms with E-state index in [0.717, 1.165) is 25.1 Å². The summed E-state index contributed by atoms with van der Waals surface area (Å²) in [6.45, 7) is 3.67. The molecule has 0 aromatic heterocycles. The maximum Gasteiger partial charge on any atom is 0.164 e. The van der Waals surface area contributed by atoms with Crippen LogP contribution in [0.4, 0.5) is 0 Å². The zero-order valence-corrected chi connectivity index (χ0v) is 14.3. The lowest BCUT2D eigenvalue weighted by molar-refractivity contribution is 0.0314. The van der Waals surface area contributed by atoms with Gasteiger partial charge in [0, 0.05) is 36.4 Å². The molecular formula is C14H28N2O2S2. The van der Waals surface area contributed by atoms with E-state index in [2.05, 4.69) is 11.8 Å². The molecule has 3 atom stereocenters. The van der Waals surface area contributed by atoms with Crippen LogP contribution in [0.15, 0.2) is 0 Å². The van der Waals surface area contributed by atoms with Crippen LogP contribution in [0.1, 0.15) is 39.0 Å². The van der Waals surface area contributed by atoms with Gasteiger partial charge in [0.05, 0.1) is 0 Å². The lowest BCUT2D eigenvalue weighted by Crippen LogP contribution is -2.63. The molecule has 3 unspecified atom stereocenters. The molecule has 118 valence electrons. The largest absolute Gasteiger partial charge is 0.329 e. The summed E-state index contributed by atoms with van der Waals surface area (Å²) in [7, 11) is -3.05. The van der Waals surface area contributed by atoms with E-state index in [1.807, 2.05) is 0 Å². The molecule has 2 rings (SSSR count). The Hall–Kier alpha value is 0.220. The van der Waals surface area contributed by atoms with Crippen LogP contribution >= 0.6 is 11.8 Å². The van der Waals surface area contributed by atoms with E-state index in [1.54, 1.807) is 11.8 Å². The zero-order chi connectivity index (χ0) is 14.8. The predicted octanol–water partition coefficient (Wildman–Crippen LogP) is 1.70. The number of rotatable bonds is 4. The van der Waals surface area contributed by atoms with Crippen molar-refractivity contribution in [1.29, 1.82) is 0 Å². The first-order valence-corrected chi connectivity index (χ1v) is 10.8. The lowest BCUT2D eigenvalue weighted by atomic mass is 9.73. The van der Waals surface area contributed by atoms with Crippen molar-refractivity contribution in [2.24, 2.45) is 11.7 Å². The highest BCUT2D eigenvalue weighted by atomic mass is 32.2. The number of sulfone groups is 1. The van der Waals surface area contributed by atoms with Crippen LogP contribution < -0.4 is 5.73 Å². The minimum atomic E-state index is -3.05. The van der Waals surface area contributed by atoms with Crippen LogP contribution in [-0.4, -0.2) is 55.1 Å². The van der Waals surface area contributed by atoms with E-state index in [-0.39, 0.29) is 10.9 Å². The van der Waals surface area contributed by atoms with E-state index in [0.29, 0.717) is 18.2 Å². The Morgan fingerprint density at radius 2 is 2.20 bits per heavy atom. The van der Waals surface area contributed by atoms with E-state index < -0.39 is 9.84 Å². The van der Waals surface area contributed by atoms with Crippen LogP contribution in [0, 0.1) is 5.92 Å². The number of hydrogen-bond donors (Lipinski definition) is 1. The van der Waals surface area contributed by atoms with Crippen molar-refractivity contribution in [3.8, 4) is 0 Å². The molecule has 1 saturated carbocycles. The fraction of sp³-hybridized carbons (Fsp3) is 1.00. The SMILES string of the molecule is CCC1CCCC(CN)(N2CCSCC2S(C)(=O)=O)C1. The Balaban J connectivity index is 2.28. The number of hydrogen-bond acceptors (Lipinski definition) is 5. The van der Waals surface area contributed by atoms with Crippen molar-refractivity contribution in [3.63, 3.8) is 0 Å². The molecular weight excluding hydrogens is 292 g/mol. The van der Waals surface area contributed by atoms with E-state index in [4.69, 9.17) is 5.73 Å². The second kappa shape index (κ2) is 6.55. The minimum Gasteiger partial charge on any atom is -0.329 e. The first-order valence-electron chi connectivity index (χ1n) is 7.66. The third-order valence-corrected chi connectivity index (χ3v) is 7.71. The number of thioether (sulfide) groups is 1. The monoisotopic (exact) mass is 320 g/mol. The Labute approximate surface area is 127 Å². The quantitative estimate of drug-likeness (QED) is 0.854. The third kappa shape index (κ3) is 3.34. The molecule has 20 heavy (non-hydrogen) atoms. The van der Waals surface area contributed by atoms with E-state index >= 15 is 0 Å². The van der Waals surface area contributed by atoms with E-state index in [9.17, 15) is 8.42 Å². The maximum absolute atomic E-state index is 12.2. The molecule has 6 heteroatoms. The normalized spacial score (nSPS) is 37.0. The Bertz CT molecular complexity index is 427. The highest BCUT2D eigenvalue weighted by Gasteiger charge is 2.46. The summed E-state index contributed by atoms with van der Waals surface area (Å²) in [5.74, 6) is 2.41. The topological polar surface area (TPSA) is 63.4 Å². The summed E-state index contributed by atoms with van der Waals surface area (Å²) in [5.41, 5.74) is 6.06. The number of nitrogens with two attached hydrogens (primary N) is 1. The van der Waals surface area contributed by atoms with Crippen molar-refractivity contribution in [1.82, 2.24) is 4.90 Å². The van der Waals surface area contributed by atoms with Crippen LogP contribution in [0.5, 0.6) is 0 Å². The van der Waals surface area contributed by atoms with Crippen LogP contribution in [0.25, 0.3) is 0 Å². The molecule has 1 heterocycles. The molecule has 1 aliphatic carbocycles. The Morgan fingerprint density at radius 3 is 2.80 bits per heavy atom. The van der Waals surface area contributed by atoms with Crippen molar-refractivity contribution in [2.75, 3.05) is 30.9 Å². The van der Waals surface area contributed by atoms with Crippen LogP contribution in [0.3, 0.4) is 0 Å². The van der Waals surface area contributed by atoms with Gasteiger partial charge in [0.25, 0.3) is 0 Å². The average molecular weight is 321 g/mol. The molecule has 2 aliphatic rings. The zero-order valence-electron chi connectivity index (χ0n) is 12.7. The molecule has 2 N–H and O–H groups in total. The minimum absolute atomic E-state index is 0.0896. The summed E-state index contributed by atoms with van der Waals surface area (Å²) in [6, 6.07) is 0. The summed E-state index contributed by atoms with van der Waals surface area (Å²) < 4.78 is 24.3. The van der Waals surface area contributed by atoms with Crippen molar-refractivity contribution >= 4 is 21.6 Å². The molecule has 4 nitrogen and oxygen atoms in total. The predicted molar refractivity (Wildman–Crippen MR) is 86.7 cm³/mol. The van der Waals surface area contributed by atoms with Gasteiger partial charge in [-0.15, -0.1) is 0 Å². The Morgan fingerprint density at radius 1 is 1.45 bits per heavy atom. The van der Waals surface area contributed by atoms with Gasteiger partial charge in [0.1, 0.15) is 5.37 Å². The van der Waals surface area contributed by atoms with Crippen molar-refractivity contribution in [3.05, 3.63) is 0 Å². The van der Waals surface area contributed by atoms with Gasteiger partial charge in [-0.3, -0.25) is 4.90 Å². The number of nitrogens with zero attached hydrogens (tertiary/aromatic N) is 1. The molecule has 0 spiro atoms. The van der Waals surface area contributed by atoms with Gasteiger partial charge in [-0.2, -0.15) is 11.8 Å².